The zero-order valence-corrected chi connectivity index (χ0v) is 12.1. The summed E-state index contributed by atoms with van der Waals surface area (Å²) in [6.45, 7) is 1.62. The second-order valence-electron chi connectivity index (χ2n) is 4.22. The first-order valence-corrected chi connectivity index (χ1v) is 7.50. The van der Waals surface area contributed by atoms with Crippen LogP contribution in [0.4, 0.5) is 15.8 Å². The molecule has 0 radical (unpaired) electrons. The summed E-state index contributed by atoms with van der Waals surface area (Å²) in [6.07, 6.45) is 0. The van der Waals surface area contributed by atoms with Crippen LogP contribution < -0.4 is 10.5 Å². The number of nitrogens with one attached hydrogen (secondary N) is 1. The molecule has 0 bridgehead atoms. The SMILES string of the molecule is Cc1cccc(N)c1S(=O)(=O)Nc1cc(F)ccc1Cl. The molecule has 0 unspecified atom stereocenters. The van der Waals surface area contributed by atoms with Crippen LogP contribution in [0.25, 0.3) is 0 Å². The third-order valence-corrected chi connectivity index (χ3v) is 4.60. The Morgan fingerprint density at radius 1 is 1.25 bits per heavy atom. The Labute approximate surface area is 121 Å². The van der Waals surface area contributed by atoms with E-state index in [1.165, 1.54) is 12.1 Å². The highest BCUT2D eigenvalue weighted by molar-refractivity contribution is 7.93. The fourth-order valence-corrected chi connectivity index (χ4v) is 3.47. The van der Waals surface area contributed by atoms with Gasteiger partial charge in [-0.2, -0.15) is 0 Å². The Kier molecular flexibility index (Phi) is 3.87. The zero-order valence-electron chi connectivity index (χ0n) is 10.5. The normalized spacial score (nSPS) is 11.3. The van der Waals surface area contributed by atoms with Gasteiger partial charge in [-0.1, -0.05) is 23.7 Å². The van der Waals surface area contributed by atoms with E-state index < -0.39 is 15.8 Å². The maximum atomic E-state index is 13.2. The number of anilines is 2. The minimum atomic E-state index is -3.94. The quantitative estimate of drug-likeness (QED) is 0.855. The van der Waals surface area contributed by atoms with Gasteiger partial charge in [-0.25, -0.2) is 12.8 Å². The van der Waals surface area contributed by atoms with Crippen LogP contribution in [-0.2, 0) is 10.0 Å². The predicted octanol–water partition coefficient (Wildman–Crippen LogP) is 3.17. The average Bonchev–Trinajstić information content (AvgIpc) is 2.33. The van der Waals surface area contributed by atoms with Crippen LogP contribution in [0.15, 0.2) is 41.3 Å². The van der Waals surface area contributed by atoms with E-state index in [0.29, 0.717) is 5.56 Å². The van der Waals surface area contributed by atoms with Gasteiger partial charge < -0.3 is 5.73 Å². The number of nitrogens with two attached hydrogens (primary N) is 1. The van der Waals surface area contributed by atoms with Crippen molar-refractivity contribution in [2.45, 2.75) is 11.8 Å². The van der Waals surface area contributed by atoms with Crippen LogP contribution >= 0.6 is 11.6 Å². The van der Waals surface area contributed by atoms with Crippen molar-refractivity contribution in [2.24, 2.45) is 0 Å². The van der Waals surface area contributed by atoms with Gasteiger partial charge in [-0.3, -0.25) is 4.72 Å². The van der Waals surface area contributed by atoms with E-state index in [-0.39, 0.29) is 21.3 Å². The van der Waals surface area contributed by atoms with Crippen molar-refractivity contribution in [1.82, 2.24) is 0 Å². The van der Waals surface area contributed by atoms with Crippen molar-refractivity contribution < 1.29 is 12.8 Å². The van der Waals surface area contributed by atoms with Gasteiger partial charge in [-0.05, 0) is 36.8 Å². The van der Waals surface area contributed by atoms with E-state index in [1.807, 2.05) is 0 Å². The number of sulfonamides is 1. The first-order chi connectivity index (χ1) is 9.31. The van der Waals surface area contributed by atoms with Crippen molar-refractivity contribution in [2.75, 3.05) is 10.5 Å². The molecule has 0 spiro atoms. The third kappa shape index (κ3) is 2.86. The lowest BCUT2D eigenvalue weighted by atomic mass is 10.2. The maximum Gasteiger partial charge on any atom is 0.264 e. The van der Waals surface area contributed by atoms with E-state index in [1.54, 1.807) is 19.1 Å². The molecule has 0 aromatic heterocycles. The Morgan fingerprint density at radius 3 is 2.60 bits per heavy atom. The maximum absolute atomic E-state index is 13.2. The summed E-state index contributed by atoms with van der Waals surface area (Å²) in [5.41, 5.74) is 6.28. The second kappa shape index (κ2) is 5.30. The molecule has 4 nitrogen and oxygen atoms in total. The van der Waals surface area contributed by atoms with E-state index in [0.717, 1.165) is 12.1 Å². The van der Waals surface area contributed by atoms with Gasteiger partial charge in [0.05, 0.1) is 16.4 Å². The molecule has 0 amide bonds. The predicted molar refractivity (Wildman–Crippen MR) is 77.8 cm³/mol. The molecule has 0 aliphatic rings. The lowest BCUT2D eigenvalue weighted by molar-refractivity contribution is 0.601. The summed E-state index contributed by atoms with van der Waals surface area (Å²) in [7, 11) is -3.94. The van der Waals surface area contributed by atoms with Crippen molar-refractivity contribution in [3.05, 3.63) is 52.8 Å². The summed E-state index contributed by atoms with van der Waals surface area (Å²) < 4.78 is 40.1. The van der Waals surface area contributed by atoms with Crippen LogP contribution in [0.3, 0.4) is 0 Å². The lowest BCUT2D eigenvalue weighted by Gasteiger charge is -2.13. The first kappa shape index (κ1) is 14.6. The second-order valence-corrected chi connectivity index (χ2v) is 6.25. The van der Waals surface area contributed by atoms with E-state index in [9.17, 15) is 12.8 Å². The largest absolute Gasteiger partial charge is 0.398 e. The number of benzene rings is 2. The van der Waals surface area contributed by atoms with Crippen LogP contribution in [0.1, 0.15) is 5.56 Å². The average molecular weight is 315 g/mol. The highest BCUT2D eigenvalue weighted by atomic mass is 35.5. The van der Waals surface area contributed by atoms with Gasteiger partial charge >= 0.3 is 0 Å². The summed E-state index contributed by atoms with van der Waals surface area (Å²) in [6, 6.07) is 8.18. The monoisotopic (exact) mass is 314 g/mol. The molecule has 106 valence electrons. The first-order valence-electron chi connectivity index (χ1n) is 5.64. The molecule has 0 heterocycles. The molecule has 0 atom stereocenters. The fraction of sp³-hybridized carbons (Fsp3) is 0.0769. The molecule has 20 heavy (non-hydrogen) atoms. The molecule has 2 aromatic carbocycles. The Bertz CT molecular complexity index is 743. The lowest BCUT2D eigenvalue weighted by Crippen LogP contribution is -2.16. The standard InChI is InChI=1S/C13H12ClFN2O2S/c1-8-3-2-4-11(16)13(8)20(18,19)17-12-7-9(15)5-6-10(12)14/h2-7,17H,16H2,1H3. The van der Waals surface area contributed by atoms with Crippen molar-refractivity contribution in [3.63, 3.8) is 0 Å². The number of rotatable bonds is 3. The number of nitrogen functional groups attached to an aromatic ring is 1. The van der Waals surface area contributed by atoms with Crippen molar-refractivity contribution in [3.8, 4) is 0 Å². The number of hydrogen-bond acceptors (Lipinski definition) is 3. The van der Waals surface area contributed by atoms with Gasteiger partial charge in [0.25, 0.3) is 10.0 Å². The smallest absolute Gasteiger partial charge is 0.264 e. The van der Waals surface area contributed by atoms with Gasteiger partial charge in [0.15, 0.2) is 0 Å². The molecule has 0 saturated carbocycles. The van der Waals surface area contributed by atoms with Gasteiger partial charge in [0, 0.05) is 0 Å². The van der Waals surface area contributed by atoms with Gasteiger partial charge in [-0.15, -0.1) is 0 Å². The summed E-state index contributed by atoms with van der Waals surface area (Å²) in [5.74, 6) is -0.593. The molecule has 2 aromatic rings. The van der Waals surface area contributed by atoms with Crippen LogP contribution in [-0.4, -0.2) is 8.42 Å². The Balaban J connectivity index is 2.49. The number of aryl methyl sites for hydroxylation is 1. The third-order valence-electron chi connectivity index (χ3n) is 2.68. The minimum absolute atomic E-state index is 0.0330. The molecule has 0 saturated heterocycles. The van der Waals surface area contributed by atoms with Gasteiger partial charge in [0.1, 0.15) is 10.7 Å². The summed E-state index contributed by atoms with van der Waals surface area (Å²) in [5, 5.41) is 0.0992. The zero-order chi connectivity index (χ0) is 14.9. The number of halogens is 2. The molecular weight excluding hydrogens is 303 g/mol. The molecular formula is C13H12ClFN2O2S. The molecule has 7 heteroatoms. The Hall–Kier alpha value is -1.79. The summed E-state index contributed by atoms with van der Waals surface area (Å²) >= 11 is 5.84. The molecule has 0 aliphatic carbocycles. The van der Waals surface area contributed by atoms with Crippen LogP contribution in [0.2, 0.25) is 5.02 Å². The minimum Gasteiger partial charge on any atom is -0.398 e. The molecule has 0 fully saturated rings. The molecule has 3 N–H and O–H groups in total. The fourth-order valence-electron chi connectivity index (χ4n) is 1.81. The van der Waals surface area contributed by atoms with E-state index in [2.05, 4.69) is 4.72 Å². The van der Waals surface area contributed by atoms with Crippen molar-refractivity contribution in [1.29, 1.82) is 0 Å². The van der Waals surface area contributed by atoms with Gasteiger partial charge in [0.2, 0.25) is 0 Å². The highest BCUT2D eigenvalue weighted by Gasteiger charge is 2.21. The molecule has 0 aliphatic heterocycles. The van der Waals surface area contributed by atoms with E-state index >= 15 is 0 Å². The molecule has 2 rings (SSSR count). The van der Waals surface area contributed by atoms with Crippen LogP contribution in [0.5, 0.6) is 0 Å². The van der Waals surface area contributed by atoms with Crippen molar-refractivity contribution >= 4 is 33.0 Å². The topological polar surface area (TPSA) is 72.2 Å². The Morgan fingerprint density at radius 2 is 1.95 bits per heavy atom. The highest BCUT2D eigenvalue weighted by Crippen LogP contribution is 2.28. The number of hydrogen-bond donors (Lipinski definition) is 2. The summed E-state index contributed by atoms with van der Waals surface area (Å²) in [4.78, 5) is -0.0414. The van der Waals surface area contributed by atoms with E-state index in [4.69, 9.17) is 17.3 Å². The van der Waals surface area contributed by atoms with Crippen LogP contribution in [0, 0.1) is 12.7 Å².